The van der Waals surface area contributed by atoms with E-state index in [1.54, 1.807) is 13.2 Å². The van der Waals surface area contributed by atoms with E-state index in [0.717, 1.165) is 5.56 Å². The Kier molecular flexibility index (Phi) is 2.58. The molecule has 3 N–H and O–H groups in total. The Morgan fingerprint density at radius 3 is 2.56 bits per heavy atom. The first kappa shape index (κ1) is 11.3. The molecule has 0 heterocycles. The third kappa shape index (κ3) is 1.55. The maximum absolute atomic E-state index is 9.74. The molecule has 2 rings (SSSR count). The molecule has 0 spiro atoms. The molecule has 3 nitrogen and oxygen atoms in total. The predicted molar refractivity (Wildman–Crippen MR) is 63.7 cm³/mol. The van der Waals surface area contributed by atoms with Crippen molar-refractivity contribution in [2.24, 2.45) is 17.1 Å². The number of hydrogen-bond donors (Lipinski definition) is 2. The SMILES string of the molecule is COc1ccc([C@@H]2[C@@H](CN)C2(C)C)cc1O. The molecule has 1 saturated carbocycles. The van der Waals surface area contributed by atoms with Crippen molar-refractivity contribution in [2.45, 2.75) is 19.8 Å². The first-order valence-electron chi connectivity index (χ1n) is 5.59. The monoisotopic (exact) mass is 221 g/mol. The van der Waals surface area contributed by atoms with E-state index in [1.165, 1.54) is 0 Å². The van der Waals surface area contributed by atoms with Crippen LogP contribution in [-0.2, 0) is 0 Å². The highest BCUT2D eigenvalue weighted by atomic mass is 16.5. The van der Waals surface area contributed by atoms with Gasteiger partial charge in [0.1, 0.15) is 0 Å². The number of phenols is 1. The van der Waals surface area contributed by atoms with E-state index in [-0.39, 0.29) is 11.2 Å². The Labute approximate surface area is 96.2 Å². The van der Waals surface area contributed by atoms with Crippen LogP contribution in [0.3, 0.4) is 0 Å². The smallest absolute Gasteiger partial charge is 0.160 e. The lowest BCUT2D eigenvalue weighted by Crippen LogP contribution is -2.05. The maximum atomic E-state index is 9.74. The molecule has 0 amide bonds. The van der Waals surface area contributed by atoms with E-state index < -0.39 is 0 Å². The Balaban J connectivity index is 2.27. The molecule has 3 heteroatoms. The van der Waals surface area contributed by atoms with Crippen LogP contribution in [0, 0.1) is 11.3 Å². The zero-order chi connectivity index (χ0) is 11.9. The van der Waals surface area contributed by atoms with Crippen molar-refractivity contribution in [1.29, 1.82) is 0 Å². The Bertz CT molecular complexity index is 401. The summed E-state index contributed by atoms with van der Waals surface area (Å²) >= 11 is 0. The van der Waals surface area contributed by atoms with Crippen molar-refractivity contribution in [3.63, 3.8) is 0 Å². The summed E-state index contributed by atoms with van der Waals surface area (Å²) < 4.78 is 5.03. The minimum atomic E-state index is 0.207. The lowest BCUT2D eigenvalue weighted by atomic mass is 10.0. The predicted octanol–water partition coefficient (Wildman–Crippen LogP) is 2.10. The van der Waals surface area contributed by atoms with Gasteiger partial charge in [0.2, 0.25) is 0 Å². The molecule has 2 atom stereocenters. The second-order valence-electron chi connectivity index (χ2n) is 5.07. The highest BCUT2D eigenvalue weighted by Gasteiger charge is 2.57. The first-order chi connectivity index (χ1) is 7.52. The molecule has 1 fully saturated rings. The van der Waals surface area contributed by atoms with Crippen molar-refractivity contribution >= 4 is 0 Å². The van der Waals surface area contributed by atoms with Crippen LogP contribution < -0.4 is 10.5 Å². The topological polar surface area (TPSA) is 55.5 Å². The van der Waals surface area contributed by atoms with E-state index in [4.69, 9.17) is 10.5 Å². The number of hydrogen-bond acceptors (Lipinski definition) is 3. The molecule has 0 unspecified atom stereocenters. The van der Waals surface area contributed by atoms with Crippen LogP contribution in [0.15, 0.2) is 18.2 Å². The van der Waals surface area contributed by atoms with Crippen LogP contribution >= 0.6 is 0 Å². The molecule has 0 radical (unpaired) electrons. The van der Waals surface area contributed by atoms with Crippen molar-refractivity contribution in [2.75, 3.05) is 13.7 Å². The molecule has 1 aromatic rings. The van der Waals surface area contributed by atoms with E-state index in [2.05, 4.69) is 13.8 Å². The van der Waals surface area contributed by atoms with Crippen LogP contribution in [0.25, 0.3) is 0 Å². The number of phenolic OH excluding ortho intramolecular Hbond substituents is 1. The van der Waals surface area contributed by atoms with Gasteiger partial charge in [0.25, 0.3) is 0 Å². The summed E-state index contributed by atoms with van der Waals surface area (Å²) in [6.07, 6.45) is 0. The average Bonchev–Trinajstić information content (AvgIpc) is 2.80. The standard InChI is InChI=1S/C13H19NO2/c1-13(2)9(7-14)12(13)8-4-5-11(16-3)10(15)6-8/h4-6,9,12,15H,7,14H2,1-3H3/t9-,12-/m1/s1. The highest BCUT2D eigenvalue weighted by molar-refractivity contribution is 5.45. The molecule has 16 heavy (non-hydrogen) atoms. The Hall–Kier alpha value is -1.22. The van der Waals surface area contributed by atoms with Crippen LogP contribution in [0.1, 0.15) is 25.3 Å². The van der Waals surface area contributed by atoms with E-state index in [0.29, 0.717) is 24.1 Å². The van der Waals surface area contributed by atoms with Crippen LogP contribution in [-0.4, -0.2) is 18.8 Å². The fourth-order valence-corrected chi connectivity index (χ4v) is 2.75. The average molecular weight is 221 g/mol. The van der Waals surface area contributed by atoms with E-state index in [9.17, 15) is 5.11 Å². The number of aromatic hydroxyl groups is 1. The molecule has 0 aromatic heterocycles. The third-order valence-corrected chi connectivity index (χ3v) is 3.87. The van der Waals surface area contributed by atoms with Gasteiger partial charge < -0.3 is 15.6 Å². The molecule has 0 aliphatic heterocycles. The lowest BCUT2D eigenvalue weighted by Gasteiger charge is -2.07. The van der Waals surface area contributed by atoms with Crippen molar-refractivity contribution in [3.8, 4) is 11.5 Å². The van der Waals surface area contributed by atoms with Gasteiger partial charge in [0, 0.05) is 0 Å². The van der Waals surface area contributed by atoms with Gasteiger partial charge in [-0.1, -0.05) is 19.9 Å². The fourth-order valence-electron chi connectivity index (χ4n) is 2.75. The van der Waals surface area contributed by atoms with Gasteiger partial charge in [-0.2, -0.15) is 0 Å². The Morgan fingerprint density at radius 2 is 2.12 bits per heavy atom. The van der Waals surface area contributed by atoms with Gasteiger partial charge in [-0.25, -0.2) is 0 Å². The summed E-state index contributed by atoms with van der Waals surface area (Å²) in [7, 11) is 1.55. The Morgan fingerprint density at radius 1 is 1.44 bits per heavy atom. The zero-order valence-electron chi connectivity index (χ0n) is 10.0. The lowest BCUT2D eigenvalue weighted by molar-refractivity contribution is 0.373. The summed E-state index contributed by atoms with van der Waals surface area (Å²) in [4.78, 5) is 0. The molecule has 1 aromatic carbocycles. The number of ether oxygens (including phenoxy) is 1. The van der Waals surface area contributed by atoms with Gasteiger partial charge in [0.05, 0.1) is 7.11 Å². The first-order valence-corrected chi connectivity index (χ1v) is 5.59. The summed E-state index contributed by atoms with van der Waals surface area (Å²) in [5.41, 5.74) is 7.14. The largest absolute Gasteiger partial charge is 0.504 e. The summed E-state index contributed by atoms with van der Waals surface area (Å²) in [5.74, 6) is 1.69. The number of benzene rings is 1. The molecular formula is C13H19NO2. The van der Waals surface area contributed by atoms with Gasteiger partial charge >= 0.3 is 0 Å². The highest BCUT2D eigenvalue weighted by Crippen LogP contribution is 2.64. The third-order valence-electron chi connectivity index (χ3n) is 3.87. The van der Waals surface area contributed by atoms with Gasteiger partial charge in [0.15, 0.2) is 11.5 Å². The summed E-state index contributed by atoms with van der Waals surface area (Å²) in [6.45, 7) is 5.14. The number of rotatable bonds is 3. The quantitative estimate of drug-likeness (QED) is 0.821. The van der Waals surface area contributed by atoms with Crippen molar-refractivity contribution in [1.82, 2.24) is 0 Å². The summed E-state index contributed by atoms with van der Waals surface area (Å²) in [6, 6.07) is 5.62. The van der Waals surface area contributed by atoms with Crippen LogP contribution in [0.5, 0.6) is 11.5 Å². The van der Waals surface area contributed by atoms with E-state index in [1.807, 2.05) is 12.1 Å². The van der Waals surface area contributed by atoms with Gasteiger partial charge in [-0.05, 0) is 41.5 Å². The molecule has 0 bridgehead atoms. The fraction of sp³-hybridized carbons (Fsp3) is 0.538. The number of methoxy groups -OCH3 is 1. The van der Waals surface area contributed by atoms with Crippen LogP contribution in [0.2, 0.25) is 0 Å². The zero-order valence-corrected chi connectivity index (χ0v) is 10.0. The van der Waals surface area contributed by atoms with E-state index >= 15 is 0 Å². The molecule has 1 aliphatic rings. The second-order valence-corrected chi connectivity index (χ2v) is 5.07. The molecule has 0 saturated heterocycles. The molecular weight excluding hydrogens is 202 g/mol. The second kappa shape index (κ2) is 3.67. The van der Waals surface area contributed by atoms with Crippen molar-refractivity contribution in [3.05, 3.63) is 23.8 Å². The van der Waals surface area contributed by atoms with Gasteiger partial charge in [-0.3, -0.25) is 0 Å². The number of nitrogens with two attached hydrogens (primary N) is 1. The summed E-state index contributed by atoms with van der Waals surface area (Å²) in [5, 5.41) is 9.74. The van der Waals surface area contributed by atoms with Gasteiger partial charge in [-0.15, -0.1) is 0 Å². The maximum Gasteiger partial charge on any atom is 0.160 e. The normalized spacial score (nSPS) is 26.5. The molecule has 88 valence electrons. The molecule has 1 aliphatic carbocycles. The van der Waals surface area contributed by atoms with Crippen LogP contribution in [0.4, 0.5) is 0 Å². The minimum Gasteiger partial charge on any atom is -0.504 e. The minimum absolute atomic E-state index is 0.207. The van der Waals surface area contributed by atoms with Crippen molar-refractivity contribution < 1.29 is 9.84 Å².